The van der Waals surface area contributed by atoms with E-state index >= 15 is 0 Å². The van der Waals surface area contributed by atoms with Gasteiger partial charge in [-0.05, 0) is 35.1 Å². The second kappa shape index (κ2) is 6.56. The Morgan fingerprint density at radius 1 is 1.04 bits per heavy atom. The topological polar surface area (TPSA) is 79.3 Å². The third-order valence-electron chi connectivity index (χ3n) is 5.83. The second-order valence-corrected chi connectivity index (χ2v) is 8.29. The number of thiazole rings is 1. The fraction of sp³-hybridized carbons (Fsp3) is 0.227. The van der Waals surface area contributed by atoms with E-state index in [9.17, 15) is 14.7 Å². The van der Waals surface area contributed by atoms with Crippen molar-refractivity contribution in [3.8, 4) is 11.3 Å². The van der Waals surface area contributed by atoms with Crippen molar-refractivity contribution in [1.29, 1.82) is 0 Å². The van der Waals surface area contributed by atoms with Gasteiger partial charge in [-0.2, -0.15) is 0 Å². The fourth-order valence-corrected chi connectivity index (χ4v) is 5.24. The van der Waals surface area contributed by atoms with Crippen LogP contribution in [0, 0.1) is 23.7 Å². The first-order chi connectivity index (χ1) is 13.6. The first kappa shape index (κ1) is 17.1. The van der Waals surface area contributed by atoms with Crippen LogP contribution in [0.15, 0.2) is 60.0 Å². The summed E-state index contributed by atoms with van der Waals surface area (Å²) in [5.41, 5.74) is 1.79. The number of nitrogens with zero attached hydrogens (tertiary/aromatic N) is 1. The van der Waals surface area contributed by atoms with E-state index in [1.54, 1.807) is 0 Å². The highest BCUT2D eigenvalue weighted by Crippen LogP contribution is 2.48. The van der Waals surface area contributed by atoms with Crippen molar-refractivity contribution in [3.63, 3.8) is 0 Å². The summed E-state index contributed by atoms with van der Waals surface area (Å²) in [4.78, 5) is 29.0. The zero-order chi connectivity index (χ0) is 19.3. The molecule has 0 aliphatic heterocycles. The number of nitrogens with one attached hydrogen (secondary N) is 1. The van der Waals surface area contributed by atoms with Gasteiger partial charge in [0, 0.05) is 10.9 Å². The molecule has 1 heterocycles. The number of anilines is 1. The molecule has 28 heavy (non-hydrogen) atoms. The van der Waals surface area contributed by atoms with E-state index in [0.29, 0.717) is 5.13 Å². The third-order valence-corrected chi connectivity index (χ3v) is 6.58. The molecule has 0 radical (unpaired) electrons. The summed E-state index contributed by atoms with van der Waals surface area (Å²) in [5.74, 6) is -2.35. The average molecular weight is 390 g/mol. The molecule has 1 aromatic heterocycles. The molecule has 4 unspecified atom stereocenters. The summed E-state index contributed by atoms with van der Waals surface area (Å²) >= 11 is 1.36. The fourth-order valence-electron chi connectivity index (χ4n) is 4.52. The maximum absolute atomic E-state index is 12.8. The van der Waals surface area contributed by atoms with Gasteiger partial charge in [0.1, 0.15) is 0 Å². The minimum absolute atomic E-state index is 0.00557. The van der Waals surface area contributed by atoms with Gasteiger partial charge >= 0.3 is 5.97 Å². The first-order valence-corrected chi connectivity index (χ1v) is 10.1. The molecule has 2 aliphatic rings. The Balaban J connectivity index is 1.37. The first-order valence-electron chi connectivity index (χ1n) is 9.27. The Morgan fingerprint density at radius 2 is 1.79 bits per heavy atom. The molecule has 6 heteroatoms. The number of aromatic nitrogens is 1. The van der Waals surface area contributed by atoms with E-state index in [0.717, 1.165) is 23.1 Å². The average Bonchev–Trinajstić information content (AvgIpc) is 3.43. The molecule has 5 rings (SSSR count). The van der Waals surface area contributed by atoms with Crippen molar-refractivity contribution in [2.45, 2.75) is 6.42 Å². The summed E-state index contributed by atoms with van der Waals surface area (Å²) in [6, 6.07) is 14.3. The molecule has 1 saturated carbocycles. The smallest absolute Gasteiger partial charge is 0.307 e. The zero-order valence-corrected chi connectivity index (χ0v) is 15.7. The monoisotopic (exact) mass is 390 g/mol. The highest BCUT2D eigenvalue weighted by Gasteiger charge is 2.51. The van der Waals surface area contributed by atoms with Crippen molar-refractivity contribution in [2.24, 2.45) is 23.7 Å². The van der Waals surface area contributed by atoms with E-state index in [1.165, 1.54) is 16.7 Å². The Labute approximate surface area is 165 Å². The van der Waals surface area contributed by atoms with Crippen molar-refractivity contribution < 1.29 is 14.7 Å². The van der Waals surface area contributed by atoms with Crippen molar-refractivity contribution in [1.82, 2.24) is 4.98 Å². The Kier molecular flexibility index (Phi) is 4.02. The lowest BCUT2D eigenvalue weighted by atomic mass is 9.82. The highest BCUT2D eigenvalue weighted by molar-refractivity contribution is 7.14. The number of benzene rings is 2. The lowest BCUT2D eigenvalue weighted by molar-refractivity contribution is -0.146. The predicted molar refractivity (Wildman–Crippen MR) is 109 cm³/mol. The van der Waals surface area contributed by atoms with Crippen LogP contribution in [0.4, 0.5) is 5.13 Å². The number of carbonyl (C=O) groups excluding carboxylic acids is 1. The molecular weight excluding hydrogens is 372 g/mol. The van der Waals surface area contributed by atoms with E-state index in [1.807, 2.05) is 35.7 Å². The third kappa shape index (κ3) is 2.81. The Hall–Kier alpha value is -2.99. The number of rotatable bonds is 4. The molecule has 140 valence electrons. The molecule has 1 fully saturated rings. The quantitative estimate of drug-likeness (QED) is 0.646. The van der Waals surface area contributed by atoms with E-state index < -0.39 is 17.8 Å². The molecular formula is C22H18N2O3S. The van der Waals surface area contributed by atoms with Crippen LogP contribution in [-0.4, -0.2) is 22.0 Å². The standard InChI is InChI=1S/C22H18N2O3S/c25-20(18-15-7-8-16(10-15)19(18)21(26)27)24-22-23-17(11-28-22)14-6-5-12-3-1-2-4-13(12)9-14/h1-9,11,15-16,18-19H,10H2,(H,26,27)(H,23,24,25). The van der Waals surface area contributed by atoms with E-state index in [2.05, 4.69) is 34.6 Å². The molecule has 2 aliphatic carbocycles. The predicted octanol–water partition coefficient (Wildman–Crippen LogP) is 4.42. The van der Waals surface area contributed by atoms with E-state index in [-0.39, 0.29) is 17.7 Å². The van der Waals surface area contributed by atoms with Gasteiger partial charge in [0.2, 0.25) is 5.91 Å². The maximum Gasteiger partial charge on any atom is 0.307 e. The summed E-state index contributed by atoms with van der Waals surface area (Å²) in [7, 11) is 0. The number of hydrogen-bond donors (Lipinski definition) is 2. The molecule has 0 spiro atoms. The van der Waals surface area contributed by atoms with Gasteiger partial charge in [-0.3, -0.25) is 9.59 Å². The number of aliphatic carboxylic acids is 1. The Morgan fingerprint density at radius 3 is 2.57 bits per heavy atom. The van der Waals surface area contributed by atoms with Crippen molar-refractivity contribution in [2.75, 3.05) is 5.32 Å². The van der Waals surface area contributed by atoms with Gasteiger partial charge in [-0.25, -0.2) is 4.98 Å². The molecule has 2 aromatic carbocycles. The van der Waals surface area contributed by atoms with Gasteiger partial charge in [-0.1, -0.05) is 48.6 Å². The van der Waals surface area contributed by atoms with Crippen LogP contribution in [0.5, 0.6) is 0 Å². The normalized spacial score (nSPS) is 25.3. The van der Waals surface area contributed by atoms with Gasteiger partial charge in [0.05, 0.1) is 17.5 Å². The Bertz CT molecular complexity index is 1120. The minimum Gasteiger partial charge on any atom is -0.481 e. The number of fused-ring (bicyclic) bond motifs is 3. The van der Waals surface area contributed by atoms with Crippen LogP contribution in [-0.2, 0) is 9.59 Å². The molecule has 0 saturated heterocycles. The van der Waals surface area contributed by atoms with Crippen LogP contribution in [0.3, 0.4) is 0 Å². The van der Waals surface area contributed by atoms with Crippen LogP contribution >= 0.6 is 11.3 Å². The van der Waals surface area contributed by atoms with Crippen molar-refractivity contribution in [3.05, 3.63) is 60.0 Å². The van der Waals surface area contributed by atoms with Crippen molar-refractivity contribution >= 4 is 39.1 Å². The zero-order valence-electron chi connectivity index (χ0n) is 14.9. The number of carbonyl (C=O) groups is 2. The number of carboxylic acid groups (broad SMARTS) is 1. The maximum atomic E-state index is 12.8. The van der Waals surface area contributed by atoms with Gasteiger partial charge in [0.15, 0.2) is 5.13 Å². The summed E-state index contributed by atoms with van der Waals surface area (Å²) in [5, 5.41) is 17.1. The molecule has 2 bridgehead atoms. The van der Waals surface area contributed by atoms with Crippen LogP contribution in [0.25, 0.3) is 22.0 Å². The summed E-state index contributed by atoms with van der Waals surface area (Å²) in [6.45, 7) is 0. The molecule has 5 nitrogen and oxygen atoms in total. The summed E-state index contributed by atoms with van der Waals surface area (Å²) in [6.07, 6.45) is 4.67. The van der Waals surface area contributed by atoms with Gasteiger partial charge in [0.25, 0.3) is 0 Å². The van der Waals surface area contributed by atoms with E-state index in [4.69, 9.17) is 0 Å². The summed E-state index contributed by atoms with van der Waals surface area (Å²) < 4.78 is 0. The van der Waals surface area contributed by atoms with Crippen LogP contribution in [0.1, 0.15) is 6.42 Å². The molecule has 4 atom stereocenters. The van der Waals surface area contributed by atoms with Gasteiger partial charge < -0.3 is 10.4 Å². The minimum atomic E-state index is -0.895. The molecule has 3 aromatic rings. The van der Waals surface area contributed by atoms with Crippen LogP contribution in [0.2, 0.25) is 0 Å². The van der Waals surface area contributed by atoms with Crippen LogP contribution < -0.4 is 5.32 Å². The number of allylic oxidation sites excluding steroid dienone is 2. The number of amides is 1. The number of hydrogen-bond acceptors (Lipinski definition) is 4. The number of carboxylic acids is 1. The van der Waals surface area contributed by atoms with Gasteiger partial charge in [-0.15, -0.1) is 11.3 Å². The second-order valence-electron chi connectivity index (χ2n) is 7.43. The lowest BCUT2D eigenvalue weighted by Gasteiger charge is -2.23. The largest absolute Gasteiger partial charge is 0.481 e. The lowest BCUT2D eigenvalue weighted by Crippen LogP contribution is -2.36. The highest BCUT2D eigenvalue weighted by atomic mass is 32.1. The molecule has 2 N–H and O–H groups in total. The molecule has 1 amide bonds. The SMILES string of the molecule is O=C(O)C1C2C=CC(C2)C1C(=O)Nc1nc(-c2ccc3ccccc3c2)cs1.